The molecule has 5 nitrogen and oxygen atoms in total. The van der Waals surface area contributed by atoms with Crippen LogP contribution in [0.1, 0.15) is 10.4 Å². The first-order chi connectivity index (χ1) is 7.07. The zero-order chi connectivity index (χ0) is 11.7. The molecule has 0 aliphatic heterocycles. The van der Waals surface area contributed by atoms with Crippen LogP contribution in [0.5, 0.6) is 0 Å². The van der Waals surface area contributed by atoms with Crippen LogP contribution in [0.2, 0.25) is 0 Å². The molecule has 0 spiro atoms. The SMILES string of the molecule is C[SH](=O)=O.O=C(C=NO)c1ccccc1. The summed E-state index contributed by atoms with van der Waals surface area (Å²) in [5, 5.41) is 10.7. The van der Waals surface area contributed by atoms with E-state index in [9.17, 15) is 4.79 Å². The minimum absolute atomic E-state index is 0.298. The molecule has 0 amide bonds. The van der Waals surface area contributed by atoms with Gasteiger partial charge in [-0.2, -0.15) is 0 Å². The third kappa shape index (κ3) is 7.39. The van der Waals surface area contributed by atoms with Crippen molar-refractivity contribution < 1.29 is 18.4 Å². The molecular formula is C9H11NO4S. The summed E-state index contributed by atoms with van der Waals surface area (Å²) in [6, 6.07) is 8.62. The maximum absolute atomic E-state index is 10.9. The van der Waals surface area contributed by atoms with E-state index in [0.29, 0.717) is 5.56 Å². The predicted octanol–water partition coefficient (Wildman–Crippen LogP) is 0.557. The van der Waals surface area contributed by atoms with Crippen LogP contribution in [-0.2, 0) is 10.7 Å². The van der Waals surface area contributed by atoms with Crippen LogP contribution in [0, 0.1) is 0 Å². The van der Waals surface area contributed by atoms with Gasteiger partial charge in [0.05, 0.1) is 0 Å². The van der Waals surface area contributed by atoms with Gasteiger partial charge in [-0.15, -0.1) is 0 Å². The average Bonchev–Trinajstić information content (AvgIpc) is 2.19. The number of rotatable bonds is 2. The molecule has 1 N–H and O–H groups in total. The van der Waals surface area contributed by atoms with Gasteiger partial charge < -0.3 is 5.21 Å². The van der Waals surface area contributed by atoms with E-state index in [-0.39, 0.29) is 5.78 Å². The molecule has 0 heterocycles. The first-order valence-corrected chi connectivity index (χ1v) is 5.55. The second-order valence-electron chi connectivity index (χ2n) is 2.41. The van der Waals surface area contributed by atoms with Gasteiger partial charge in [-0.05, 0) is 0 Å². The van der Waals surface area contributed by atoms with Gasteiger partial charge in [0.1, 0.15) is 16.9 Å². The van der Waals surface area contributed by atoms with Gasteiger partial charge in [0.25, 0.3) is 0 Å². The fraction of sp³-hybridized carbons (Fsp3) is 0.111. The second kappa shape index (κ2) is 7.69. The molecule has 15 heavy (non-hydrogen) atoms. The van der Waals surface area contributed by atoms with Crippen LogP contribution in [-0.4, -0.2) is 31.9 Å². The molecule has 0 aromatic heterocycles. The van der Waals surface area contributed by atoms with Gasteiger partial charge in [-0.3, -0.25) is 4.79 Å². The Balaban J connectivity index is 0.000000423. The van der Waals surface area contributed by atoms with Crippen molar-refractivity contribution in [1.82, 2.24) is 0 Å². The molecule has 0 saturated heterocycles. The van der Waals surface area contributed by atoms with Gasteiger partial charge in [0.15, 0.2) is 0 Å². The topological polar surface area (TPSA) is 83.8 Å². The Morgan fingerprint density at radius 2 is 1.80 bits per heavy atom. The first-order valence-electron chi connectivity index (χ1n) is 3.92. The minimum Gasteiger partial charge on any atom is -0.411 e. The molecule has 1 rings (SSSR count). The summed E-state index contributed by atoms with van der Waals surface area (Å²) in [6.45, 7) is 0. The number of ketones is 1. The summed E-state index contributed by atoms with van der Waals surface area (Å²) >= 11 is 0. The van der Waals surface area contributed by atoms with Crippen molar-refractivity contribution in [2.24, 2.45) is 5.16 Å². The lowest BCUT2D eigenvalue weighted by molar-refractivity contribution is 0.106. The number of carbonyl (C=O) groups excluding carboxylic acids is 1. The van der Waals surface area contributed by atoms with Crippen LogP contribution >= 0.6 is 0 Å². The monoisotopic (exact) mass is 229 g/mol. The third-order valence-corrected chi connectivity index (χ3v) is 1.23. The zero-order valence-electron chi connectivity index (χ0n) is 8.03. The summed E-state index contributed by atoms with van der Waals surface area (Å²) in [5.74, 6) is -0.298. The van der Waals surface area contributed by atoms with E-state index in [4.69, 9.17) is 13.6 Å². The maximum Gasteiger partial charge on any atom is 0.207 e. The van der Waals surface area contributed by atoms with Crippen molar-refractivity contribution in [3.63, 3.8) is 0 Å². The van der Waals surface area contributed by atoms with E-state index in [1.807, 2.05) is 6.07 Å². The summed E-state index contributed by atoms with van der Waals surface area (Å²) in [7, 11) is -2.12. The molecule has 0 fully saturated rings. The zero-order valence-corrected chi connectivity index (χ0v) is 8.92. The maximum atomic E-state index is 10.9. The van der Waals surface area contributed by atoms with Crippen LogP contribution in [0.15, 0.2) is 35.5 Å². The van der Waals surface area contributed by atoms with Crippen molar-refractivity contribution in [1.29, 1.82) is 0 Å². The van der Waals surface area contributed by atoms with E-state index in [1.165, 1.54) is 0 Å². The number of hydrogen-bond donors (Lipinski definition) is 2. The number of Topliss-reactive ketones (excluding diaryl/α,β-unsaturated/α-hetero) is 1. The van der Waals surface area contributed by atoms with Gasteiger partial charge in [-0.1, -0.05) is 35.5 Å². The standard InChI is InChI=1S/C8H7NO2.CH4O2S/c10-8(6-9-11)7-4-2-1-3-5-7;1-4(2)3/h1-6,11H;4H,1H3. The van der Waals surface area contributed by atoms with Crippen molar-refractivity contribution in [3.8, 4) is 0 Å². The number of hydrogen-bond acceptors (Lipinski definition) is 5. The minimum atomic E-state index is -2.12. The van der Waals surface area contributed by atoms with Crippen LogP contribution < -0.4 is 0 Å². The molecule has 0 bridgehead atoms. The molecule has 0 aliphatic rings. The summed E-state index contributed by atoms with van der Waals surface area (Å²) in [5.41, 5.74) is 0.519. The number of oxime groups is 1. The average molecular weight is 229 g/mol. The highest BCUT2D eigenvalue weighted by Crippen LogP contribution is 1.97. The number of benzene rings is 1. The Hall–Kier alpha value is -1.69. The van der Waals surface area contributed by atoms with E-state index in [2.05, 4.69) is 5.16 Å². The number of thiol groups is 1. The highest BCUT2D eigenvalue weighted by atomic mass is 32.2. The fourth-order valence-corrected chi connectivity index (χ4v) is 0.729. The molecule has 82 valence electrons. The first kappa shape index (κ1) is 13.3. The van der Waals surface area contributed by atoms with Gasteiger partial charge >= 0.3 is 0 Å². The van der Waals surface area contributed by atoms with Crippen LogP contribution in [0.4, 0.5) is 0 Å². The van der Waals surface area contributed by atoms with E-state index in [0.717, 1.165) is 12.5 Å². The fourth-order valence-electron chi connectivity index (χ4n) is 0.729. The lowest BCUT2D eigenvalue weighted by atomic mass is 10.1. The van der Waals surface area contributed by atoms with Crippen LogP contribution in [0.3, 0.4) is 0 Å². The number of carbonyl (C=O) groups is 1. The Bertz CT molecular complexity index is 390. The summed E-state index contributed by atoms with van der Waals surface area (Å²) < 4.78 is 18.1. The molecule has 0 unspecified atom stereocenters. The Labute approximate surface area is 89.0 Å². The summed E-state index contributed by atoms with van der Waals surface area (Å²) in [4.78, 5) is 10.9. The molecule has 0 atom stereocenters. The van der Waals surface area contributed by atoms with Crippen molar-refractivity contribution in [3.05, 3.63) is 35.9 Å². The molecular weight excluding hydrogens is 218 g/mol. The molecule has 0 saturated carbocycles. The third-order valence-electron chi connectivity index (χ3n) is 1.23. The molecule has 6 heteroatoms. The smallest absolute Gasteiger partial charge is 0.207 e. The molecule has 0 aliphatic carbocycles. The lowest BCUT2D eigenvalue weighted by Crippen LogP contribution is -1.98. The lowest BCUT2D eigenvalue weighted by Gasteiger charge is -1.90. The number of nitrogens with zero attached hydrogens (tertiary/aromatic N) is 1. The quantitative estimate of drug-likeness (QED) is 0.255. The molecule has 1 aromatic carbocycles. The van der Waals surface area contributed by atoms with Gasteiger partial charge in [-0.25, -0.2) is 8.42 Å². The molecule has 1 aromatic rings. The second-order valence-corrected chi connectivity index (χ2v) is 3.29. The Kier molecular flexibility index (Phi) is 6.82. The Morgan fingerprint density at radius 1 is 1.33 bits per heavy atom. The molecule has 0 radical (unpaired) electrons. The normalized spacial score (nSPS) is 9.73. The highest BCUT2D eigenvalue weighted by Gasteiger charge is 1.98. The largest absolute Gasteiger partial charge is 0.411 e. The highest BCUT2D eigenvalue weighted by molar-refractivity contribution is 7.71. The predicted molar refractivity (Wildman–Crippen MR) is 57.3 cm³/mol. The van der Waals surface area contributed by atoms with Crippen molar-refractivity contribution >= 4 is 22.7 Å². The van der Waals surface area contributed by atoms with Crippen molar-refractivity contribution in [2.75, 3.05) is 6.26 Å². The van der Waals surface area contributed by atoms with E-state index >= 15 is 0 Å². The van der Waals surface area contributed by atoms with Gasteiger partial charge in [0, 0.05) is 11.8 Å². The van der Waals surface area contributed by atoms with E-state index < -0.39 is 10.7 Å². The van der Waals surface area contributed by atoms with Crippen LogP contribution in [0.25, 0.3) is 0 Å². The van der Waals surface area contributed by atoms with Crippen molar-refractivity contribution in [2.45, 2.75) is 0 Å². The van der Waals surface area contributed by atoms with E-state index in [1.54, 1.807) is 24.3 Å². The van der Waals surface area contributed by atoms with Gasteiger partial charge in [0.2, 0.25) is 5.78 Å². The Morgan fingerprint density at radius 3 is 2.20 bits per heavy atom. The summed E-state index contributed by atoms with van der Waals surface area (Å²) in [6.07, 6.45) is 1.99.